The van der Waals surface area contributed by atoms with Crippen molar-refractivity contribution in [1.82, 2.24) is 15.2 Å². The highest BCUT2D eigenvalue weighted by atomic mass is 16.5. The fourth-order valence-corrected chi connectivity index (χ4v) is 2.86. The molecule has 1 saturated carbocycles. The molecule has 1 N–H and O–H groups in total. The molecule has 1 aliphatic carbocycles. The fraction of sp³-hybridized carbons (Fsp3) is 0.643. The lowest BCUT2D eigenvalue weighted by atomic mass is 10.1. The molecule has 1 atom stereocenters. The Morgan fingerprint density at radius 2 is 2.39 bits per heavy atom. The van der Waals surface area contributed by atoms with Gasteiger partial charge in [-0.25, -0.2) is 4.98 Å². The molecule has 1 saturated heterocycles. The molecule has 1 aromatic rings. The predicted molar refractivity (Wildman–Crippen MR) is 70.6 cm³/mol. The number of rotatable bonds is 4. The first-order valence-corrected chi connectivity index (χ1v) is 6.81. The number of aromatic nitrogens is 1. The van der Waals surface area contributed by atoms with E-state index < -0.39 is 0 Å². The highest BCUT2D eigenvalue weighted by molar-refractivity contribution is 5.25. The first-order valence-electron chi connectivity index (χ1n) is 6.81. The van der Waals surface area contributed by atoms with Crippen LogP contribution in [0.2, 0.25) is 0 Å². The molecule has 4 nitrogen and oxygen atoms in total. The summed E-state index contributed by atoms with van der Waals surface area (Å²) in [6, 6.07) is 4.81. The summed E-state index contributed by atoms with van der Waals surface area (Å²) in [7, 11) is 1.70. The molecule has 0 aromatic carbocycles. The third kappa shape index (κ3) is 2.49. The van der Waals surface area contributed by atoms with E-state index in [4.69, 9.17) is 4.74 Å². The van der Waals surface area contributed by atoms with Crippen molar-refractivity contribution in [3.8, 4) is 5.88 Å². The van der Waals surface area contributed by atoms with Gasteiger partial charge in [-0.1, -0.05) is 6.07 Å². The second-order valence-electron chi connectivity index (χ2n) is 5.25. The fourth-order valence-electron chi connectivity index (χ4n) is 2.86. The first-order chi connectivity index (χ1) is 8.88. The van der Waals surface area contributed by atoms with Gasteiger partial charge in [-0.05, 0) is 24.8 Å². The number of pyridine rings is 1. The van der Waals surface area contributed by atoms with E-state index in [1.54, 1.807) is 13.3 Å². The molecule has 1 unspecified atom stereocenters. The van der Waals surface area contributed by atoms with Gasteiger partial charge in [0.1, 0.15) is 0 Å². The van der Waals surface area contributed by atoms with Crippen molar-refractivity contribution < 1.29 is 4.74 Å². The smallest absolute Gasteiger partial charge is 0.217 e. The summed E-state index contributed by atoms with van der Waals surface area (Å²) < 4.78 is 5.34. The number of hydrogen-bond donors (Lipinski definition) is 1. The van der Waals surface area contributed by atoms with E-state index in [0.29, 0.717) is 6.04 Å². The summed E-state index contributed by atoms with van der Waals surface area (Å²) in [5, 5.41) is 3.51. The van der Waals surface area contributed by atoms with Crippen molar-refractivity contribution in [2.24, 2.45) is 5.92 Å². The van der Waals surface area contributed by atoms with Crippen molar-refractivity contribution in [1.29, 1.82) is 0 Å². The summed E-state index contributed by atoms with van der Waals surface area (Å²) in [6.07, 6.45) is 4.58. The van der Waals surface area contributed by atoms with Crippen LogP contribution in [0.15, 0.2) is 18.3 Å². The molecular weight excluding hydrogens is 226 g/mol. The lowest BCUT2D eigenvalue weighted by molar-refractivity contribution is 0.134. The first kappa shape index (κ1) is 11.9. The Balaban J connectivity index is 1.73. The van der Waals surface area contributed by atoms with Crippen LogP contribution in [0.25, 0.3) is 0 Å². The Labute approximate surface area is 108 Å². The summed E-state index contributed by atoms with van der Waals surface area (Å²) in [5.74, 6) is 1.67. The van der Waals surface area contributed by atoms with Crippen LogP contribution >= 0.6 is 0 Å². The van der Waals surface area contributed by atoms with E-state index in [2.05, 4.69) is 21.3 Å². The Bertz CT molecular complexity index is 406. The van der Waals surface area contributed by atoms with Gasteiger partial charge in [0, 0.05) is 44.0 Å². The molecule has 2 fully saturated rings. The molecular formula is C14H21N3O. The minimum absolute atomic E-state index is 0.698. The van der Waals surface area contributed by atoms with E-state index in [-0.39, 0.29) is 0 Å². The minimum Gasteiger partial charge on any atom is -0.481 e. The van der Waals surface area contributed by atoms with Crippen LogP contribution in [0.4, 0.5) is 0 Å². The van der Waals surface area contributed by atoms with Crippen molar-refractivity contribution in [3.63, 3.8) is 0 Å². The summed E-state index contributed by atoms with van der Waals surface area (Å²) >= 11 is 0. The third-order valence-electron chi connectivity index (χ3n) is 3.98. The van der Waals surface area contributed by atoms with Gasteiger partial charge in [0.15, 0.2) is 0 Å². The second-order valence-corrected chi connectivity index (χ2v) is 5.25. The van der Waals surface area contributed by atoms with Gasteiger partial charge in [0.2, 0.25) is 5.88 Å². The summed E-state index contributed by atoms with van der Waals surface area (Å²) in [5.41, 5.74) is 1.20. The van der Waals surface area contributed by atoms with Crippen molar-refractivity contribution in [2.75, 3.05) is 26.7 Å². The molecule has 0 amide bonds. The Hall–Kier alpha value is -1.13. The van der Waals surface area contributed by atoms with Gasteiger partial charge >= 0.3 is 0 Å². The molecule has 1 aromatic heterocycles. The number of hydrogen-bond acceptors (Lipinski definition) is 4. The second kappa shape index (κ2) is 5.24. The van der Waals surface area contributed by atoms with E-state index in [1.807, 2.05) is 6.07 Å². The van der Waals surface area contributed by atoms with Crippen LogP contribution < -0.4 is 10.1 Å². The molecule has 3 rings (SSSR count). The van der Waals surface area contributed by atoms with Crippen molar-refractivity contribution in [2.45, 2.75) is 25.4 Å². The van der Waals surface area contributed by atoms with Gasteiger partial charge in [-0.15, -0.1) is 0 Å². The highest BCUT2D eigenvalue weighted by Gasteiger charge is 2.36. The van der Waals surface area contributed by atoms with Crippen LogP contribution in [0.3, 0.4) is 0 Å². The third-order valence-corrected chi connectivity index (χ3v) is 3.98. The van der Waals surface area contributed by atoms with Gasteiger partial charge < -0.3 is 10.1 Å². The van der Waals surface area contributed by atoms with E-state index in [0.717, 1.165) is 38.0 Å². The monoisotopic (exact) mass is 247 g/mol. The van der Waals surface area contributed by atoms with Crippen molar-refractivity contribution in [3.05, 3.63) is 23.9 Å². The molecule has 0 radical (unpaired) electrons. The average molecular weight is 247 g/mol. The number of piperazine rings is 1. The topological polar surface area (TPSA) is 37.4 Å². The highest BCUT2D eigenvalue weighted by Crippen LogP contribution is 2.36. The Morgan fingerprint density at radius 1 is 1.50 bits per heavy atom. The SMILES string of the molecule is COc1ncccc1CN1CCNCC1C1CC1. The zero-order chi connectivity index (χ0) is 12.4. The van der Waals surface area contributed by atoms with Crippen LogP contribution in [0.1, 0.15) is 18.4 Å². The zero-order valence-electron chi connectivity index (χ0n) is 10.9. The maximum atomic E-state index is 5.34. The Morgan fingerprint density at radius 3 is 3.17 bits per heavy atom. The van der Waals surface area contributed by atoms with E-state index in [9.17, 15) is 0 Å². The molecule has 1 aliphatic heterocycles. The molecule has 98 valence electrons. The average Bonchev–Trinajstić information content (AvgIpc) is 3.24. The molecule has 18 heavy (non-hydrogen) atoms. The van der Waals surface area contributed by atoms with Gasteiger partial charge in [-0.3, -0.25) is 4.90 Å². The lowest BCUT2D eigenvalue weighted by Gasteiger charge is -2.36. The normalized spacial score (nSPS) is 25.1. The largest absolute Gasteiger partial charge is 0.481 e. The quantitative estimate of drug-likeness (QED) is 0.869. The number of methoxy groups -OCH3 is 1. The zero-order valence-corrected chi connectivity index (χ0v) is 10.9. The van der Waals surface area contributed by atoms with Crippen LogP contribution in [-0.2, 0) is 6.54 Å². The van der Waals surface area contributed by atoms with Crippen molar-refractivity contribution >= 4 is 0 Å². The lowest BCUT2D eigenvalue weighted by Crippen LogP contribution is -2.51. The predicted octanol–water partition coefficient (Wildman–Crippen LogP) is 1.27. The molecule has 0 spiro atoms. The Kier molecular flexibility index (Phi) is 3.48. The van der Waals surface area contributed by atoms with Gasteiger partial charge in [0.25, 0.3) is 0 Å². The number of ether oxygens (including phenoxy) is 1. The van der Waals surface area contributed by atoms with Crippen LogP contribution in [-0.4, -0.2) is 42.7 Å². The molecule has 2 heterocycles. The standard InChI is InChI=1S/C14H21N3O/c1-18-14-12(3-2-6-16-14)10-17-8-7-15-9-13(17)11-4-5-11/h2-3,6,11,13,15H,4-5,7-10H2,1H3. The molecule has 4 heteroatoms. The van der Waals surface area contributed by atoms with E-state index in [1.165, 1.54) is 18.4 Å². The number of nitrogens with zero attached hydrogens (tertiary/aromatic N) is 2. The van der Waals surface area contributed by atoms with Crippen LogP contribution in [0, 0.1) is 5.92 Å². The minimum atomic E-state index is 0.698. The molecule has 2 aliphatic rings. The maximum Gasteiger partial charge on any atom is 0.217 e. The summed E-state index contributed by atoms with van der Waals surface area (Å²) in [4.78, 5) is 6.87. The van der Waals surface area contributed by atoms with Gasteiger partial charge in [-0.2, -0.15) is 0 Å². The van der Waals surface area contributed by atoms with Crippen LogP contribution in [0.5, 0.6) is 5.88 Å². The van der Waals surface area contributed by atoms with E-state index >= 15 is 0 Å². The van der Waals surface area contributed by atoms with Gasteiger partial charge in [0.05, 0.1) is 7.11 Å². The summed E-state index contributed by atoms with van der Waals surface area (Å²) in [6.45, 7) is 4.30. The maximum absolute atomic E-state index is 5.34. The number of nitrogens with one attached hydrogen (secondary N) is 1. The molecule has 0 bridgehead atoms.